The number of nitrogens with zero attached hydrogens (tertiary/aromatic N) is 1. The highest BCUT2D eigenvalue weighted by atomic mass is 32.1. The second kappa shape index (κ2) is 5.17. The summed E-state index contributed by atoms with van der Waals surface area (Å²) in [7, 11) is 0. The van der Waals surface area contributed by atoms with Crippen LogP contribution in [0.15, 0.2) is 12.1 Å². The van der Waals surface area contributed by atoms with Crippen LogP contribution in [0.4, 0.5) is 5.82 Å². The predicted molar refractivity (Wildman–Crippen MR) is 76.9 cm³/mol. The molecular weight excluding hydrogens is 258 g/mol. The number of rotatable bonds is 4. The molecule has 0 spiro atoms. The van der Waals surface area contributed by atoms with Crippen molar-refractivity contribution < 1.29 is 4.79 Å². The van der Waals surface area contributed by atoms with Crippen LogP contribution in [0.3, 0.4) is 0 Å². The number of hydrogen-bond donors (Lipinski definition) is 2. The summed E-state index contributed by atoms with van der Waals surface area (Å²) in [4.78, 5) is 14.3. The lowest BCUT2D eigenvalue weighted by atomic mass is 10.2. The number of H-pyrrole nitrogens is 1. The van der Waals surface area contributed by atoms with Crippen LogP contribution in [0.2, 0.25) is 0 Å². The lowest BCUT2D eigenvalue weighted by molar-refractivity contribution is 0.103. The highest BCUT2D eigenvalue weighted by molar-refractivity contribution is 7.14. The maximum absolute atomic E-state index is 12.1. The minimum absolute atomic E-state index is 0.0473. The number of aromatic nitrogens is 2. The molecule has 0 saturated heterocycles. The van der Waals surface area contributed by atoms with Gasteiger partial charge in [0.25, 0.3) is 5.91 Å². The quantitative estimate of drug-likeness (QED) is 0.900. The van der Waals surface area contributed by atoms with E-state index in [0.29, 0.717) is 5.82 Å². The lowest BCUT2D eigenvalue weighted by Crippen LogP contribution is -2.10. The molecule has 1 aliphatic rings. The molecule has 2 N–H and O–H groups in total. The first-order valence-electron chi connectivity index (χ1n) is 6.73. The third-order valence-electron chi connectivity index (χ3n) is 3.36. The molecule has 0 aromatic carbocycles. The van der Waals surface area contributed by atoms with Crippen molar-refractivity contribution in [2.45, 2.75) is 39.0 Å². The number of hydrogen-bond acceptors (Lipinski definition) is 3. The predicted octanol–water partition coefficient (Wildman–Crippen LogP) is 3.16. The third kappa shape index (κ3) is 2.56. The van der Waals surface area contributed by atoms with Gasteiger partial charge >= 0.3 is 0 Å². The van der Waals surface area contributed by atoms with Gasteiger partial charge in [0.2, 0.25) is 0 Å². The Morgan fingerprint density at radius 2 is 2.37 bits per heavy atom. The van der Waals surface area contributed by atoms with Crippen LogP contribution in [0.25, 0.3) is 0 Å². The zero-order valence-corrected chi connectivity index (χ0v) is 11.8. The van der Waals surface area contributed by atoms with Gasteiger partial charge in [0, 0.05) is 16.6 Å². The van der Waals surface area contributed by atoms with Crippen LogP contribution in [0, 0.1) is 0 Å². The molecule has 0 radical (unpaired) electrons. The lowest BCUT2D eigenvalue weighted by Gasteiger charge is -1.98. The normalized spacial score (nSPS) is 13.5. The number of fused-ring (bicyclic) bond motifs is 1. The summed E-state index contributed by atoms with van der Waals surface area (Å²) in [6.07, 6.45) is 5.48. The highest BCUT2D eigenvalue weighted by Gasteiger charge is 2.18. The van der Waals surface area contributed by atoms with E-state index in [1.54, 1.807) is 11.3 Å². The summed E-state index contributed by atoms with van der Waals surface area (Å²) in [6, 6.07) is 3.94. The topological polar surface area (TPSA) is 57.8 Å². The first-order valence-corrected chi connectivity index (χ1v) is 7.55. The minimum atomic E-state index is -0.0473. The van der Waals surface area contributed by atoms with Crippen LogP contribution in [-0.2, 0) is 19.3 Å². The van der Waals surface area contributed by atoms with Gasteiger partial charge in [-0.25, -0.2) is 0 Å². The van der Waals surface area contributed by atoms with E-state index in [4.69, 9.17) is 0 Å². The van der Waals surface area contributed by atoms with E-state index < -0.39 is 0 Å². The number of aryl methyl sites for hydroxylation is 3. The molecule has 19 heavy (non-hydrogen) atoms. The summed E-state index contributed by atoms with van der Waals surface area (Å²) < 4.78 is 0. The average molecular weight is 275 g/mol. The Morgan fingerprint density at radius 3 is 3.16 bits per heavy atom. The first-order chi connectivity index (χ1) is 9.26. The molecule has 4 nitrogen and oxygen atoms in total. The molecule has 2 heterocycles. The number of carbonyl (C=O) groups is 1. The standard InChI is InChI=1S/C14H17N3OS/c1-2-4-10-8-13(17-16-10)15-14(18)12-7-9-5-3-6-11(9)19-12/h7-8H,2-6H2,1H3,(H2,15,16,17,18). The Hall–Kier alpha value is -1.62. The van der Waals surface area contributed by atoms with E-state index >= 15 is 0 Å². The molecule has 0 saturated carbocycles. The smallest absolute Gasteiger partial charge is 0.266 e. The summed E-state index contributed by atoms with van der Waals surface area (Å²) >= 11 is 1.62. The fourth-order valence-electron chi connectivity index (χ4n) is 2.44. The number of nitrogens with one attached hydrogen (secondary N) is 2. The molecule has 0 atom stereocenters. The van der Waals surface area contributed by atoms with Gasteiger partial charge in [-0.15, -0.1) is 11.3 Å². The van der Waals surface area contributed by atoms with Crippen molar-refractivity contribution in [3.05, 3.63) is 33.1 Å². The third-order valence-corrected chi connectivity index (χ3v) is 4.60. The molecule has 100 valence electrons. The second-order valence-corrected chi connectivity index (χ2v) is 6.03. The van der Waals surface area contributed by atoms with Gasteiger partial charge in [-0.3, -0.25) is 9.89 Å². The fraction of sp³-hybridized carbons (Fsp3) is 0.429. The van der Waals surface area contributed by atoms with E-state index in [1.165, 1.54) is 16.9 Å². The molecule has 1 aliphatic carbocycles. The van der Waals surface area contributed by atoms with E-state index in [0.717, 1.165) is 36.3 Å². The first kappa shape index (κ1) is 12.4. The van der Waals surface area contributed by atoms with Crippen LogP contribution in [0.5, 0.6) is 0 Å². The number of carbonyl (C=O) groups excluding carboxylic acids is 1. The van der Waals surface area contributed by atoms with Gasteiger partial charge in [0.1, 0.15) is 0 Å². The summed E-state index contributed by atoms with van der Waals surface area (Å²) in [5.74, 6) is 0.566. The molecule has 1 amide bonds. The Balaban J connectivity index is 1.69. The van der Waals surface area contributed by atoms with Crippen molar-refractivity contribution in [3.8, 4) is 0 Å². The van der Waals surface area contributed by atoms with Crippen LogP contribution in [-0.4, -0.2) is 16.1 Å². The van der Waals surface area contributed by atoms with E-state index in [1.807, 2.05) is 12.1 Å². The number of thiophene rings is 1. The molecule has 2 aromatic heterocycles. The maximum Gasteiger partial charge on any atom is 0.266 e. The van der Waals surface area contributed by atoms with Crippen molar-refractivity contribution in [2.75, 3.05) is 5.32 Å². The van der Waals surface area contributed by atoms with Gasteiger partial charge in [-0.05, 0) is 37.3 Å². The van der Waals surface area contributed by atoms with E-state index in [-0.39, 0.29) is 5.91 Å². The number of amides is 1. The average Bonchev–Trinajstić information content (AvgIpc) is 3.03. The van der Waals surface area contributed by atoms with Crippen molar-refractivity contribution in [2.24, 2.45) is 0 Å². The summed E-state index contributed by atoms with van der Waals surface area (Å²) in [6.45, 7) is 2.12. The van der Waals surface area contributed by atoms with Crippen LogP contribution < -0.4 is 5.32 Å². The van der Waals surface area contributed by atoms with Gasteiger partial charge in [-0.1, -0.05) is 13.3 Å². The molecule has 2 aromatic rings. The summed E-state index contributed by atoms with van der Waals surface area (Å²) in [5.41, 5.74) is 2.41. The summed E-state index contributed by atoms with van der Waals surface area (Å²) in [5, 5.41) is 9.91. The SMILES string of the molecule is CCCc1cc(NC(=O)c2cc3c(s2)CCC3)n[nH]1. The Morgan fingerprint density at radius 1 is 1.47 bits per heavy atom. The number of anilines is 1. The van der Waals surface area contributed by atoms with Crippen LogP contribution in [0.1, 0.15) is 45.6 Å². The molecule has 5 heteroatoms. The van der Waals surface area contributed by atoms with Gasteiger partial charge < -0.3 is 5.32 Å². The molecule has 0 aliphatic heterocycles. The monoisotopic (exact) mass is 275 g/mol. The largest absolute Gasteiger partial charge is 0.304 e. The molecule has 3 rings (SSSR count). The van der Waals surface area contributed by atoms with Gasteiger partial charge in [0.15, 0.2) is 5.82 Å². The second-order valence-electron chi connectivity index (χ2n) is 4.90. The maximum atomic E-state index is 12.1. The van der Waals surface area contributed by atoms with Gasteiger partial charge in [-0.2, -0.15) is 5.10 Å². The minimum Gasteiger partial charge on any atom is -0.304 e. The Bertz CT molecular complexity index is 578. The fourth-order valence-corrected chi connectivity index (χ4v) is 3.59. The molecule has 0 unspecified atom stereocenters. The van der Waals surface area contributed by atoms with Crippen molar-refractivity contribution in [1.29, 1.82) is 0 Å². The molecular formula is C14H17N3OS. The number of aromatic amines is 1. The Labute approximate surface area is 116 Å². The van der Waals surface area contributed by atoms with Gasteiger partial charge in [0.05, 0.1) is 4.88 Å². The zero-order valence-electron chi connectivity index (χ0n) is 11.0. The zero-order chi connectivity index (χ0) is 13.2. The van der Waals surface area contributed by atoms with Crippen molar-refractivity contribution in [3.63, 3.8) is 0 Å². The van der Waals surface area contributed by atoms with Crippen molar-refractivity contribution in [1.82, 2.24) is 10.2 Å². The van der Waals surface area contributed by atoms with Crippen LogP contribution >= 0.6 is 11.3 Å². The van der Waals surface area contributed by atoms with E-state index in [9.17, 15) is 4.79 Å². The Kier molecular flexibility index (Phi) is 3.38. The van der Waals surface area contributed by atoms with E-state index in [2.05, 4.69) is 22.4 Å². The molecule has 0 bridgehead atoms. The van der Waals surface area contributed by atoms with Crippen molar-refractivity contribution >= 4 is 23.1 Å². The highest BCUT2D eigenvalue weighted by Crippen LogP contribution is 2.30. The molecule has 0 fully saturated rings.